The molecule has 1 unspecified atom stereocenters. The number of hydrogen-bond acceptors (Lipinski definition) is 3. The largest absolute Gasteiger partial charge is 0.456 e. The molecular formula is C61H41N3O. The van der Waals surface area contributed by atoms with E-state index in [0.717, 1.165) is 75.0 Å². The van der Waals surface area contributed by atoms with Crippen LogP contribution in [0.3, 0.4) is 0 Å². The van der Waals surface area contributed by atoms with Gasteiger partial charge in [0, 0.05) is 33.5 Å². The summed E-state index contributed by atoms with van der Waals surface area (Å²) in [5.74, 6) is 1.71. The van der Waals surface area contributed by atoms with Crippen LogP contribution in [0.15, 0.2) is 221 Å². The van der Waals surface area contributed by atoms with E-state index in [0.29, 0.717) is 0 Å². The lowest BCUT2D eigenvalue weighted by atomic mass is 9.70. The summed E-state index contributed by atoms with van der Waals surface area (Å²) in [5, 5.41) is 4.66. The molecule has 0 bridgehead atoms. The standard InChI is InChI=1S/C61H41N3O/c1-3-17-38(18-4-1)41-25-15-31-56-59(41)46-34-33-40(35-57(46)65-56)60-62-53(39-19-5-2-6-20-39)29-16-32-58(63-60)64-54-30-14-10-24-45(54)48-36-52-47(37-55(48)64)44-23-9-13-28-51(44)61(52)49-26-11-7-21-42(49)43-22-8-12-27-50(43)61/h1-15,17-28,30-31,33-37,53H,16,29,32H2. The molecule has 4 nitrogen and oxygen atoms in total. The van der Waals surface area contributed by atoms with Crippen LogP contribution in [-0.4, -0.2) is 16.2 Å². The Bertz CT molecular complexity index is 3770. The lowest BCUT2D eigenvalue weighted by molar-refractivity contribution is 0.619. The van der Waals surface area contributed by atoms with Gasteiger partial charge in [0.25, 0.3) is 0 Å². The molecule has 14 rings (SSSR count). The average molecular weight is 832 g/mol. The normalized spacial score (nSPS) is 16.0. The first-order valence-electron chi connectivity index (χ1n) is 22.8. The van der Waals surface area contributed by atoms with Crippen molar-refractivity contribution in [2.24, 2.45) is 9.98 Å². The maximum atomic E-state index is 6.67. The zero-order valence-electron chi connectivity index (χ0n) is 35.6. The lowest BCUT2D eigenvalue weighted by Crippen LogP contribution is -2.25. The molecule has 4 heteroatoms. The zero-order valence-corrected chi connectivity index (χ0v) is 35.6. The van der Waals surface area contributed by atoms with Gasteiger partial charge in [-0.25, -0.2) is 4.99 Å². The number of benzene rings is 9. The van der Waals surface area contributed by atoms with Crippen molar-refractivity contribution in [3.8, 4) is 33.4 Å². The van der Waals surface area contributed by atoms with Crippen LogP contribution in [0.5, 0.6) is 0 Å². The number of rotatable bonds is 3. The molecule has 9 aromatic carbocycles. The fraction of sp³-hybridized carbons (Fsp3) is 0.0820. The van der Waals surface area contributed by atoms with Crippen molar-refractivity contribution in [1.29, 1.82) is 0 Å². The Morgan fingerprint density at radius 3 is 1.86 bits per heavy atom. The van der Waals surface area contributed by atoms with E-state index < -0.39 is 5.41 Å². The number of hydrogen-bond donors (Lipinski definition) is 0. The number of aliphatic imine (C=N–C) groups is 2. The summed E-state index contributed by atoms with van der Waals surface area (Å²) in [5.41, 5.74) is 18.7. The first-order valence-corrected chi connectivity index (χ1v) is 22.8. The summed E-state index contributed by atoms with van der Waals surface area (Å²) in [4.78, 5) is 11.3. The Balaban J connectivity index is 0.999. The molecule has 0 saturated heterocycles. The number of fused-ring (bicyclic) bond motifs is 16. The highest BCUT2D eigenvalue weighted by atomic mass is 16.3. The number of para-hydroxylation sites is 1. The SMILES string of the molecule is c1ccc(-c2cccc3oc4cc(C5=NC(c6ccccc6)CCCC(n6c7ccccc7c7cc8c(cc76)-c6ccccc6C86c7ccccc7-c7ccccc76)=N5)ccc4c23)cc1. The molecule has 3 aliphatic rings. The smallest absolute Gasteiger partial charge is 0.157 e. The monoisotopic (exact) mass is 831 g/mol. The van der Waals surface area contributed by atoms with Gasteiger partial charge in [0.05, 0.1) is 22.5 Å². The summed E-state index contributed by atoms with van der Waals surface area (Å²) in [6.45, 7) is 0. The van der Waals surface area contributed by atoms with Gasteiger partial charge in [-0.2, -0.15) is 0 Å². The highest BCUT2D eigenvalue weighted by Gasteiger charge is 2.51. The Hall–Kier alpha value is -8.08. The quantitative estimate of drug-likeness (QED) is 0.175. The third kappa shape index (κ3) is 5.19. The van der Waals surface area contributed by atoms with Crippen LogP contribution in [0.1, 0.15) is 58.7 Å². The summed E-state index contributed by atoms with van der Waals surface area (Å²) < 4.78 is 9.12. The minimum absolute atomic E-state index is 0.0289. The molecule has 0 saturated carbocycles. The molecule has 0 fully saturated rings. The molecule has 3 heterocycles. The lowest BCUT2D eigenvalue weighted by Gasteiger charge is -2.30. The van der Waals surface area contributed by atoms with Crippen molar-refractivity contribution in [2.75, 3.05) is 0 Å². The third-order valence-electron chi connectivity index (χ3n) is 14.5. The molecule has 2 aromatic heterocycles. The molecule has 1 spiro atoms. The van der Waals surface area contributed by atoms with Gasteiger partial charge in [0.1, 0.15) is 17.0 Å². The Kier molecular flexibility index (Phi) is 7.82. The van der Waals surface area contributed by atoms with Crippen molar-refractivity contribution in [3.05, 3.63) is 240 Å². The number of furan rings is 1. The van der Waals surface area contributed by atoms with E-state index in [1.54, 1.807) is 0 Å². The van der Waals surface area contributed by atoms with E-state index in [2.05, 4.69) is 211 Å². The maximum Gasteiger partial charge on any atom is 0.157 e. The number of aromatic nitrogens is 1. The van der Waals surface area contributed by atoms with Crippen LogP contribution >= 0.6 is 0 Å². The van der Waals surface area contributed by atoms with Gasteiger partial charge in [-0.15, -0.1) is 0 Å². The summed E-state index contributed by atoms with van der Waals surface area (Å²) in [7, 11) is 0. The highest BCUT2D eigenvalue weighted by molar-refractivity contribution is 6.19. The van der Waals surface area contributed by atoms with Gasteiger partial charge in [-0.1, -0.05) is 170 Å². The van der Waals surface area contributed by atoms with Crippen LogP contribution in [-0.2, 0) is 5.41 Å². The minimum Gasteiger partial charge on any atom is -0.456 e. The summed E-state index contributed by atoms with van der Waals surface area (Å²) >= 11 is 0. The maximum absolute atomic E-state index is 6.67. The predicted octanol–water partition coefficient (Wildman–Crippen LogP) is 15.3. The fourth-order valence-corrected chi connectivity index (χ4v) is 11.7. The van der Waals surface area contributed by atoms with E-state index in [4.69, 9.17) is 14.4 Å². The van der Waals surface area contributed by atoms with E-state index in [9.17, 15) is 0 Å². The molecule has 11 aromatic rings. The second-order valence-electron chi connectivity index (χ2n) is 17.8. The van der Waals surface area contributed by atoms with Crippen molar-refractivity contribution >= 4 is 55.4 Å². The molecule has 65 heavy (non-hydrogen) atoms. The Morgan fingerprint density at radius 2 is 1.11 bits per heavy atom. The molecule has 0 amide bonds. The first-order chi connectivity index (χ1) is 32.2. The third-order valence-corrected chi connectivity index (χ3v) is 14.5. The molecular weight excluding hydrogens is 791 g/mol. The topological polar surface area (TPSA) is 42.8 Å². The Morgan fingerprint density at radius 1 is 0.462 bits per heavy atom. The fourth-order valence-electron chi connectivity index (χ4n) is 11.7. The van der Waals surface area contributed by atoms with Crippen molar-refractivity contribution in [2.45, 2.75) is 30.7 Å². The van der Waals surface area contributed by atoms with Crippen LogP contribution < -0.4 is 0 Å². The molecule has 306 valence electrons. The first kappa shape index (κ1) is 36.4. The van der Waals surface area contributed by atoms with E-state index in [1.165, 1.54) is 66.4 Å². The van der Waals surface area contributed by atoms with E-state index in [1.807, 2.05) is 0 Å². The number of nitrogens with zero attached hydrogens (tertiary/aromatic N) is 3. The van der Waals surface area contributed by atoms with E-state index >= 15 is 0 Å². The van der Waals surface area contributed by atoms with Gasteiger partial charge >= 0.3 is 0 Å². The molecule has 1 atom stereocenters. The molecule has 0 N–H and O–H groups in total. The van der Waals surface area contributed by atoms with Crippen LogP contribution in [0.4, 0.5) is 0 Å². The second-order valence-corrected chi connectivity index (χ2v) is 17.8. The Labute approximate surface area is 376 Å². The van der Waals surface area contributed by atoms with E-state index in [-0.39, 0.29) is 6.04 Å². The average Bonchev–Trinajstić information content (AvgIpc) is 4.07. The summed E-state index contributed by atoms with van der Waals surface area (Å²) in [6, 6.07) is 75.2. The molecule has 2 aliphatic carbocycles. The van der Waals surface area contributed by atoms with Crippen molar-refractivity contribution < 1.29 is 4.42 Å². The van der Waals surface area contributed by atoms with Crippen molar-refractivity contribution in [1.82, 2.24) is 4.57 Å². The molecule has 1 aliphatic heterocycles. The molecule has 0 radical (unpaired) electrons. The number of amidine groups is 1. The van der Waals surface area contributed by atoms with Crippen molar-refractivity contribution in [3.63, 3.8) is 0 Å². The van der Waals surface area contributed by atoms with Gasteiger partial charge in [0.15, 0.2) is 5.84 Å². The second kappa shape index (κ2) is 14.0. The van der Waals surface area contributed by atoms with Gasteiger partial charge in [-0.05, 0) is 110 Å². The minimum atomic E-state index is -0.419. The zero-order chi connectivity index (χ0) is 42.6. The van der Waals surface area contributed by atoms with Gasteiger partial charge in [0.2, 0.25) is 0 Å². The summed E-state index contributed by atoms with van der Waals surface area (Å²) in [6.07, 6.45) is 2.64. The van der Waals surface area contributed by atoms with Crippen LogP contribution in [0.2, 0.25) is 0 Å². The van der Waals surface area contributed by atoms with Gasteiger partial charge < -0.3 is 4.42 Å². The van der Waals surface area contributed by atoms with Gasteiger partial charge in [-0.3, -0.25) is 9.56 Å². The highest BCUT2D eigenvalue weighted by Crippen LogP contribution is 2.63. The van der Waals surface area contributed by atoms with Crippen LogP contribution in [0, 0.1) is 0 Å². The predicted molar refractivity (Wildman–Crippen MR) is 267 cm³/mol. The van der Waals surface area contributed by atoms with Crippen LogP contribution in [0.25, 0.3) is 77.1 Å².